The molecule has 0 aliphatic rings. The highest BCUT2D eigenvalue weighted by molar-refractivity contribution is 7.89. The molecule has 11 nitrogen and oxygen atoms in total. The minimum absolute atomic E-state index is 0.229. The molecular formula is C17H26N4O7S. The molecule has 0 radical (unpaired) electrons. The highest BCUT2D eigenvalue weighted by atomic mass is 32.2. The Labute approximate surface area is 169 Å². The van der Waals surface area contributed by atoms with Gasteiger partial charge in [-0.05, 0) is 39.8 Å². The third kappa shape index (κ3) is 7.31. The van der Waals surface area contributed by atoms with Gasteiger partial charge in [0, 0.05) is 25.7 Å². The standard InChI is InChI=1S/C17H26N4O7S/c1-11(16(23)19-17(2,3)4)28-15(22)10-18-29(26,27)12-7-8-13(20(5)6)14(9-12)21(24)25/h7-9,11,18H,10H2,1-6H3,(H,19,23). The van der Waals surface area contributed by atoms with Crippen molar-refractivity contribution in [2.24, 2.45) is 0 Å². The summed E-state index contributed by atoms with van der Waals surface area (Å²) in [5, 5.41) is 13.8. The maximum atomic E-state index is 12.4. The fraction of sp³-hybridized carbons (Fsp3) is 0.529. The van der Waals surface area contributed by atoms with Crippen LogP contribution in [0, 0.1) is 10.1 Å². The van der Waals surface area contributed by atoms with Crippen LogP contribution >= 0.6 is 0 Å². The summed E-state index contributed by atoms with van der Waals surface area (Å²) in [7, 11) is -1.04. The molecule has 0 spiro atoms. The van der Waals surface area contributed by atoms with Gasteiger partial charge in [0.25, 0.3) is 11.6 Å². The van der Waals surface area contributed by atoms with Crippen LogP contribution in [0.1, 0.15) is 27.7 Å². The SMILES string of the molecule is CC(OC(=O)CNS(=O)(=O)c1ccc(N(C)C)c([N+](=O)[O-])c1)C(=O)NC(C)(C)C. The Bertz CT molecular complexity index is 892. The largest absolute Gasteiger partial charge is 0.452 e. The fourth-order valence-electron chi connectivity index (χ4n) is 2.20. The van der Waals surface area contributed by atoms with Gasteiger partial charge in [-0.2, -0.15) is 4.72 Å². The summed E-state index contributed by atoms with van der Waals surface area (Å²) >= 11 is 0. The van der Waals surface area contributed by atoms with E-state index in [0.717, 1.165) is 6.07 Å². The molecule has 0 saturated carbocycles. The van der Waals surface area contributed by atoms with Crippen molar-refractivity contribution in [2.75, 3.05) is 25.5 Å². The predicted molar refractivity (Wildman–Crippen MR) is 106 cm³/mol. The Morgan fingerprint density at radius 1 is 1.28 bits per heavy atom. The lowest BCUT2D eigenvalue weighted by Gasteiger charge is -2.23. The van der Waals surface area contributed by atoms with Crippen molar-refractivity contribution in [3.05, 3.63) is 28.3 Å². The molecular weight excluding hydrogens is 404 g/mol. The summed E-state index contributed by atoms with van der Waals surface area (Å²) in [6, 6.07) is 3.39. The lowest BCUT2D eigenvalue weighted by Crippen LogP contribution is -2.46. The van der Waals surface area contributed by atoms with Crippen LogP contribution in [-0.4, -0.2) is 57.5 Å². The van der Waals surface area contributed by atoms with Gasteiger partial charge < -0.3 is 15.0 Å². The molecule has 0 bridgehead atoms. The minimum atomic E-state index is -4.21. The van der Waals surface area contributed by atoms with E-state index in [2.05, 4.69) is 5.32 Å². The summed E-state index contributed by atoms with van der Waals surface area (Å²) in [5.74, 6) is -1.49. The summed E-state index contributed by atoms with van der Waals surface area (Å²) in [6.45, 7) is 5.90. The zero-order chi connectivity index (χ0) is 22.6. The Morgan fingerprint density at radius 3 is 2.34 bits per heavy atom. The van der Waals surface area contributed by atoms with Gasteiger partial charge in [-0.1, -0.05) is 0 Å². The number of hydrogen-bond acceptors (Lipinski definition) is 8. The predicted octanol–water partition coefficient (Wildman–Crippen LogP) is 0.786. The van der Waals surface area contributed by atoms with Gasteiger partial charge in [0.15, 0.2) is 6.10 Å². The number of nitrogens with zero attached hydrogens (tertiary/aromatic N) is 2. The topological polar surface area (TPSA) is 148 Å². The molecule has 12 heteroatoms. The molecule has 1 unspecified atom stereocenters. The molecule has 0 heterocycles. The summed E-state index contributed by atoms with van der Waals surface area (Å²) in [6.07, 6.45) is -1.12. The maximum absolute atomic E-state index is 12.4. The maximum Gasteiger partial charge on any atom is 0.321 e. The second-order valence-corrected chi connectivity index (χ2v) is 9.26. The molecule has 29 heavy (non-hydrogen) atoms. The van der Waals surface area contributed by atoms with Crippen molar-refractivity contribution in [3.8, 4) is 0 Å². The molecule has 1 aromatic rings. The van der Waals surface area contributed by atoms with E-state index < -0.39 is 50.7 Å². The summed E-state index contributed by atoms with van der Waals surface area (Å²) < 4.78 is 31.7. The number of carbonyl (C=O) groups excluding carboxylic acids is 2. The van der Waals surface area contributed by atoms with Crippen LogP contribution in [0.4, 0.5) is 11.4 Å². The Morgan fingerprint density at radius 2 is 1.86 bits per heavy atom. The first-order valence-corrected chi connectivity index (χ1v) is 10.1. The highest BCUT2D eigenvalue weighted by Gasteiger charge is 2.25. The molecule has 2 N–H and O–H groups in total. The van der Waals surface area contributed by atoms with E-state index in [-0.39, 0.29) is 10.6 Å². The number of amides is 1. The van der Waals surface area contributed by atoms with E-state index in [9.17, 15) is 28.1 Å². The Hall–Kier alpha value is -2.73. The van der Waals surface area contributed by atoms with E-state index in [1.807, 2.05) is 4.72 Å². The average molecular weight is 430 g/mol. The quantitative estimate of drug-likeness (QED) is 0.349. The van der Waals surface area contributed by atoms with Crippen LogP contribution in [0.2, 0.25) is 0 Å². The lowest BCUT2D eigenvalue weighted by molar-refractivity contribution is -0.384. The van der Waals surface area contributed by atoms with E-state index in [4.69, 9.17) is 4.74 Å². The van der Waals surface area contributed by atoms with Crippen LogP contribution in [-0.2, 0) is 24.3 Å². The van der Waals surface area contributed by atoms with E-state index in [1.165, 1.54) is 24.0 Å². The molecule has 0 saturated heterocycles. The van der Waals surface area contributed by atoms with Crippen LogP contribution in [0.25, 0.3) is 0 Å². The number of esters is 1. The zero-order valence-corrected chi connectivity index (χ0v) is 18.0. The van der Waals surface area contributed by atoms with Crippen LogP contribution in [0.3, 0.4) is 0 Å². The normalized spacial score (nSPS) is 12.8. The summed E-state index contributed by atoms with van der Waals surface area (Å²) in [5.41, 5.74) is -0.688. The molecule has 1 rings (SSSR count). The van der Waals surface area contributed by atoms with E-state index >= 15 is 0 Å². The number of anilines is 1. The number of nitro groups is 1. The molecule has 1 aromatic carbocycles. The van der Waals surface area contributed by atoms with Crippen molar-refractivity contribution in [1.82, 2.24) is 10.0 Å². The number of nitro benzene ring substituents is 1. The molecule has 0 aliphatic heterocycles. The fourth-order valence-corrected chi connectivity index (χ4v) is 3.18. The van der Waals surface area contributed by atoms with Crippen LogP contribution in [0.5, 0.6) is 0 Å². The van der Waals surface area contributed by atoms with Gasteiger partial charge in [-0.3, -0.25) is 19.7 Å². The smallest absolute Gasteiger partial charge is 0.321 e. The van der Waals surface area contributed by atoms with Gasteiger partial charge in [-0.15, -0.1) is 0 Å². The van der Waals surface area contributed by atoms with Gasteiger partial charge in [0.2, 0.25) is 10.0 Å². The van der Waals surface area contributed by atoms with E-state index in [1.54, 1.807) is 34.9 Å². The number of rotatable bonds is 8. The van der Waals surface area contributed by atoms with Crippen LogP contribution < -0.4 is 14.9 Å². The Kier molecular flexibility index (Phi) is 7.69. The first kappa shape index (κ1) is 24.3. The van der Waals surface area contributed by atoms with E-state index in [0.29, 0.717) is 0 Å². The number of carbonyl (C=O) groups is 2. The van der Waals surface area contributed by atoms with Crippen molar-refractivity contribution >= 4 is 33.3 Å². The zero-order valence-electron chi connectivity index (χ0n) is 17.2. The van der Waals surface area contributed by atoms with Crippen molar-refractivity contribution in [1.29, 1.82) is 0 Å². The number of sulfonamides is 1. The van der Waals surface area contributed by atoms with Crippen molar-refractivity contribution in [3.63, 3.8) is 0 Å². The minimum Gasteiger partial charge on any atom is -0.452 e. The third-order valence-corrected chi connectivity index (χ3v) is 4.92. The third-order valence-electron chi connectivity index (χ3n) is 3.52. The second-order valence-electron chi connectivity index (χ2n) is 7.50. The molecule has 0 aliphatic carbocycles. The van der Waals surface area contributed by atoms with Gasteiger partial charge in [0.05, 0.1) is 9.82 Å². The monoisotopic (exact) mass is 430 g/mol. The number of benzene rings is 1. The van der Waals surface area contributed by atoms with Crippen LogP contribution in [0.15, 0.2) is 23.1 Å². The number of nitrogens with one attached hydrogen (secondary N) is 2. The summed E-state index contributed by atoms with van der Waals surface area (Å²) in [4.78, 5) is 35.4. The number of hydrogen-bond donors (Lipinski definition) is 2. The first-order chi connectivity index (χ1) is 13.1. The van der Waals surface area contributed by atoms with Crippen molar-refractivity contribution in [2.45, 2.75) is 44.2 Å². The highest BCUT2D eigenvalue weighted by Crippen LogP contribution is 2.29. The molecule has 1 amide bonds. The average Bonchev–Trinajstić information content (AvgIpc) is 2.57. The Balaban J connectivity index is 2.83. The first-order valence-electron chi connectivity index (χ1n) is 8.61. The van der Waals surface area contributed by atoms with Gasteiger partial charge in [-0.25, -0.2) is 8.42 Å². The lowest BCUT2D eigenvalue weighted by atomic mass is 10.1. The molecule has 0 aromatic heterocycles. The second kappa shape index (κ2) is 9.18. The molecule has 162 valence electrons. The van der Waals surface area contributed by atoms with Gasteiger partial charge in [0.1, 0.15) is 12.2 Å². The molecule has 1 atom stereocenters. The molecule has 0 fully saturated rings. The van der Waals surface area contributed by atoms with Crippen molar-refractivity contribution < 1.29 is 27.7 Å². The number of ether oxygens (including phenoxy) is 1. The van der Waals surface area contributed by atoms with Gasteiger partial charge >= 0.3 is 5.97 Å².